The van der Waals surface area contributed by atoms with Crippen molar-refractivity contribution >= 4 is 39.1 Å². The topological polar surface area (TPSA) is 25.8 Å². The zero-order valence-corrected chi connectivity index (χ0v) is 11.4. The maximum absolute atomic E-state index is 5.93. The van der Waals surface area contributed by atoms with E-state index >= 15 is 0 Å². The van der Waals surface area contributed by atoms with Gasteiger partial charge in [-0.3, -0.25) is 0 Å². The van der Waals surface area contributed by atoms with Gasteiger partial charge < -0.3 is 0 Å². The fraction of sp³-hybridized carbons (Fsp3) is 0.0909. The van der Waals surface area contributed by atoms with Gasteiger partial charge in [-0.15, -0.1) is 0 Å². The third kappa shape index (κ3) is 2.37. The zero-order chi connectivity index (χ0) is 11.7. The SMILES string of the molecule is Cc1cccc(-c2nc(Cl)c(Br)c(Cl)n2)c1. The number of benzene rings is 1. The van der Waals surface area contributed by atoms with E-state index < -0.39 is 0 Å². The second-order valence-corrected chi connectivity index (χ2v) is 4.82. The quantitative estimate of drug-likeness (QED) is 0.723. The lowest BCUT2D eigenvalue weighted by Gasteiger charge is -2.04. The number of hydrogen-bond acceptors (Lipinski definition) is 2. The Hall–Kier alpha value is -0.640. The first-order valence-electron chi connectivity index (χ1n) is 4.53. The number of hydrogen-bond donors (Lipinski definition) is 0. The predicted octanol–water partition coefficient (Wildman–Crippen LogP) is 4.52. The summed E-state index contributed by atoms with van der Waals surface area (Å²) in [5.74, 6) is 0.530. The number of rotatable bonds is 1. The van der Waals surface area contributed by atoms with Crippen molar-refractivity contribution in [2.45, 2.75) is 6.92 Å². The van der Waals surface area contributed by atoms with Crippen LogP contribution in [0.1, 0.15) is 5.56 Å². The highest BCUT2D eigenvalue weighted by Gasteiger charge is 2.10. The molecule has 2 aromatic rings. The molecule has 0 saturated carbocycles. The molecule has 0 atom stereocenters. The van der Waals surface area contributed by atoms with Gasteiger partial charge in [-0.1, -0.05) is 47.0 Å². The summed E-state index contributed by atoms with van der Waals surface area (Å²) >= 11 is 15.1. The Bertz CT molecular complexity index is 520. The molecule has 0 aliphatic carbocycles. The van der Waals surface area contributed by atoms with E-state index in [1.165, 1.54) is 0 Å². The first-order chi connectivity index (χ1) is 7.58. The summed E-state index contributed by atoms with van der Waals surface area (Å²) in [6.07, 6.45) is 0. The van der Waals surface area contributed by atoms with Crippen LogP contribution in [0.4, 0.5) is 0 Å². The highest BCUT2D eigenvalue weighted by atomic mass is 79.9. The lowest BCUT2D eigenvalue weighted by atomic mass is 10.1. The van der Waals surface area contributed by atoms with Crippen LogP contribution >= 0.6 is 39.1 Å². The largest absolute Gasteiger partial charge is 0.215 e. The molecule has 0 spiro atoms. The third-order valence-corrected chi connectivity index (χ3v) is 3.80. The first kappa shape index (κ1) is 11.8. The third-order valence-electron chi connectivity index (χ3n) is 2.05. The minimum absolute atomic E-state index is 0.316. The van der Waals surface area contributed by atoms with E-state index in [1.54, 1.807) is 0 Å². The number of halogens is 3. The van der Waals surface area contributed by atoms with Crippen molar-refractivity contribution in [3.63, 3.8) is 0 Å². The average Bonchev–Trinajstić information content (AvgIpc) is 2.25. The maximum atomic E-state index is 5.93. The van der Waals surface area contributed by atoms with Crippen molar-refractivity contribution in [1.82, 2.24) is 9.97 Å². The Morgan fingerprint density at radius 2 is 1.75 bits per heavy atom. The maximum Gasteiger partial charge on any atom is 0.162 e. The van der Waals surface area contributed by atoms with Crippen molar-refractivity contribution < 1.29 is 0 Å². The average molecular weight is 318 g/mol. The summed E-state index contributed by atoms with van der Waals surface area (Å²) in [5.41, 5.74) is 2.03. The minimum Gasteiger partial charge on any atom is -0.215 e. The van der Waals surface area contributed by atoms with Crippen LogP contribution < -0.4 is 0 Å². The van der Waals surface area contributed by atoms with Gasteiger partial charge in [0.05, 0.1) is 4.47 Å². The number of nitrogens with zero attached hydrogens (tertiary/aromatic N) is 2. The number of aryl methyl sites for hydroxylation is 1. The van der Waals surface area contributed by atoms with Gasteiger partial charge in [-0.25, -0.2) is 9.97 Å². The molecule has 2 nitrogen and oxygen atoms in total. The van der Waals surface area contributed by atoms with E-state index in [4.69, 9.17) is 23.2 Å². The number of aromatic nitrogens is 2. The second kappa shape index (κ2) is 4.70. The monoisotopic (exact) mass is 316 g/mol. The van der Waals surface area contributed by atoms with Crippen LogP contribution in [-0.2, 0) is 0 Å². The molecule has 0 aliphatic heterocycles. The lowest BCUT2D eigenvalue weighted by Crippen LogP contribution is -1.92. The van der Waals surface area contributed by atoms with Crippen LogP contribution in [0.15, 0.2) is 28.7 Å². The molecular weight excluding hydrogens is 311 g/mol. The molecule has 16 heavy (non-hydrogen) atoms. The fourth-order valence-corrected chi connectivity index (χ4v) is 1.87. The molecule has 0 saturated heterocycles. The molecule has 5 heteroatoms. The molecule has 1 heterocycles. The van der Waals surface area contributed by atoms with Crippen molar-refractivity contribution in [3.8, 4) is 11.4 Å². The summed E-state index contributed by atoms with van der Waals surface area (Å²) < 4.78 is 0.521. The summed E-state index contributed by atoms with van der Waals surface area (Å²) in [4.78, 5) is 8.34. The second-order valence-electron chi connectivity index (χ2n) is 3.31. The summed E-state index contributed by atoms with van der Waals surface area (Å²) in [6.45, 7) is 2.01. The predicted molar refractivity (Wildman–Crippen MR) is 69.9 cm³/mol. The van der Waals surface area contributed by atoms with E-state index in [9.17, 15) is 0 Å². The summed E-state index contributed by atoms with van der Waals surface area (Å²) in [7, 11) is 0. The van der Waals surface area contributed by atoms with E-state index in [0.29, 0.717) is 20.6 Å². The van der Waals surface area contributed by atoms with Gasteiger partial charge >= 0.3 is 0 Å². The molecular formula is C11H7BrCl2N2. The Labute approximate surface area is 112 Å². The molecule has 1 aromatic carbocycles. The van der Waals surface area contributed by atoms with Gasteiger partial charge in [0.1, 0.15) is 10.3 Å². The van der Waals surface area contributed by atoms with E-state index in [2.05, 4.69) is 25.9 Å². The molecule has 0 bridgehead atoms. The lowest BCUT2D eigenvalue weighted by molar-refractivity contribution is 1.16. The Morgan fingerprint density at radius 1 is 1.12 bits per heavy atom. The fourth-order valence-electron chi connectivity index (χ4n) is 1.31. The van der Waals surface area contributed by atoms with Crippen LogP contribution in [0, 0.1) is 6.92 Å². The standard InChI is InChI=1S/C11H7BrCl2N2/c1-6-3-2-4-7(5-6)11-15-9(13)8(12)10(14)16-11/h2-5H,1H3. The van der Waals surface area contributed by atoms with Gasteiger partial charge in [-0.2, -0.15) is 0 Å². The molecule has 0 N–H and O–H groups in total. The highest BCUT2D eigenvalue weighted by molar-refractivity contribution is 9.10. The molecule has 1 aromatic heterocycles. The van der Waals surface area contributed by atoms with E-state index in [1.807, 2.05) is 31.2 Å². The van der Waals surface area contributed by atoms with Gasteiger partial charge in [0, 0.05) is 5.56 Å². The van der Waals surface area contributed by atoms with Crippen LogP contribution in [0.5, 0.6) is 0 Å². The molecule has 0 unspecified atom stereocenters. The van der Waals surface area contributed by atoms with E-state index in [0.717, 1.165) is 11.1 Å². The smallest absolute Gasteiger partial charge is 0.162 e. The Morgan fingerprint density at radius 3 is 2.31 bits per heavy atom. The normalized spacial score (nSPS) is 10.5. The van der Waals surface area contributed by atoms with Crippen molar-refractivity contribution in [2.24, 2.45) is 0 Å². The van der Waals surface area contributed by atoms with Gasteiger partial charge in [0.25, 0.3) is 0 Å². The van der Waals surface area contributed by atoms with Crippen LogP contribution in [-0.4, -0.2) is 9.97 Å². The zero-order valence-electron chi connectivity index (χ0n) is 8.34. The van der Waals surface area contributed by atoms with Gasteiger partial charge in [0.2, 0.25) is 0 Å². The molecule has 82 valence electrons. The first-order valence-corrected chi connectivity index (χ1v) is 6.08. The van der Waals surface area contributed by atoms with E-state index in [-0.39, 0.29) is 0 Å². The molecule has 2 rings (SSSR count). The summed E-state index contributed by atoms with van der Waals surface area (Å²) in [6, 6.07) is 7.85. The molecule has 0 fully saturated rings. The van der Waals surface area contributed by atoms with Crippen molar-refractivity contribution in [2.75, 3.05) is 0 Å². The van der Waals surface area contributed by atoms with Gasteiger partial charge in [0.15, 0.2) is 5.82 Å². The molecule has 0 radical (unpaired) electrons. The summed E-state index contributed by atoms with van der Waals surface area (Å²) in [5, 5.41) is 0.632. The van der Waals surface area contributed by atoms with Crippen LogP contribution in [0.25, 0.3) is 11.4 Å². The van der Waals surface area contributed by atoms with Crippen LogP contribution in [0.2, 0.25) is 10.3 Å². The minimum atomic E-state index is 0.316. The van der Waals surface area contributed by atoms with Crippen LogP contribution in [0.3, 0.4) is 0 Å². The van der Waals surface area contributed by atoms with Crippen molar-refractivity contribution in [3.05, 3.63) is 44.6 Å². The Balaban J connectivity index is 2.57. The van der Waals surface area contributed by atoms with Gasteiger partial charge in [-0.05, 0) is 28.9 Å². The Kier molecular flexibility index (Phi) is 3.47. The highest BCUT2D eigenvalue weighted by Crippen LogP contribution is 2.29. The van der Waals surface area contributed by atoms with Crippen molar-refractivity contribution in [1.29, 1.82) is 0 Å². The molecule has 0 amide bonds. The molecule has 0 aliphatic rings.